The third-order valence-corrected chi connectivity index (χ3v) is 4.44. The van der Waals surface area contributed by atoms with Crippen molar-refractivity contribution in [2.24, 2.45) is 11.8 Å². The molecule has 2 fully saturated rings. The molecule has 1 aromatic carbocycles. The minimum Gasteiger partial charge on any atom is -0.365 e. The minimum atomic E-state index is -0.403. The Balaban J connectivity index is 1.69. The lowest BCUT2D eigenvalue weighted by Crippen LogP contribution is -2.34. The lowest BCUT2D eigenvalue weighted by molar-refractivity contribution is -0.124. The van der Waals surface area contributed by atoms with Gasteiger partial charge in [-0.25, -0.2) is 4.90 Å². The number of imide groups is 1. The highest BCUT2D eigenvalue weighted by Crippen LogP contribution is 2.46. The van der Waals surface area contributed by atoms with Crippen LogP contribution in [0.4, 0.5) is 5.69 Å². The zero-order valence-corrected chi connectivity index (χ0v) is 11.4. The first-order chi connectivity index (χ1) is 10.1. The quantitative estimate of drug-likeness (QED) is 0.466. The van der Waals surface area contributed by atoms with Crippen LogP contribution >= 0.6 is 0 Å². The summed E-state index contributed by atoms with van der Waals surface area (Å²) in [7, 11) is 0. The van der Waals surface area contributed by atoms with Crippen LogP contribution in [0.1, 0.15) is 17.3 Å². The molecule has 0 saturated carbocycles. The van der Waals surface area contributed by atoms with Crippen molar-refractivity contribution in [1.29, 1.82) is 0 Å². The molecule has 21 heavy (non-hydrogen) atoms. The van der Waals surface area contributed by atoms with Crippen LogP contribution in [-0.4, -0.2) is 29.8 Å². The van der Waals surface area contributed by atoms with Gasteiger partial charge in [0.2, 0.25) is 11.8 Å². The van der Waals surface area contributed by atoms with Crippen LogP contribution in [0.25, 0.3) is 0 Å². The van der Waals surface area contributed by atoms with Gasteiger partial charge in [0, 0.05) is 5.56 Å². The van der Waals surface area contributed by atoms with Gasteiger partial charge in [-0.3, -0.25) is 14.4 Å². The fourth-order valence-electron chi connectivity index (χ4n) is 3.40. The Kier molecular flexibility index (Phi) is 2.44. The number of nitrogens with zero attached hydrogens (tertiary/aromatic N) is 1. The molecule has 0 radical (unpaired) electrons. The summed E-state index contributed by atoms with van der Waals surface area (Å²) in [6.07, 6.45) is 3.16. The van der Waals surface area contributed by atoms with E-state index >= 15 is 0 Å². The molecule has 1 aromatic rings. The maximum atomic E-state index is 12.5. The topological polar surface area (TPSA) is 63.7 Å². The van der Waals surface area contributed by atoms with Gasteiger partial charge in [-0.05, 0) is 31.2 Å². The highest BCUT2D eigenvalue weighted by Gasteiger charge is 2.60. The normalized spacial score (nSPS) is 32.9. The Morgan fingerprint density at radius 3 is 2.00 bits per heavy atom. The summed E-state index contributed by atoms with van der Waals surface area (Å²) in [6.45, 7) is 1.48. The van der Waals surface area contributed by atoms with Crippen molar-refractivity contribution >= 4 is 23.3 Å². The van der Waals surface area contributed by atoms with Gasteiger partial charge < -0.3 is 4.74 Å². The van der Waals surface area contributed by atoms with Crippen LogP contribution in [0.15, 0.2) is 36.4 Å². The SMILES string of the molecule is CC(=O)c1ccc(N2C(=O)C3C4C=CC(O4)C3C2=O)cc1. The average molecular weight is 283 g/mol. The van der Waals surface area contributed by atoms with Crippen molar-refractivity contribution in [2.45, 2.75) is 19.1 Å². The van der Waals surface area contributed by atoms with Crippen molar-refractivity contribution in [3.05, 3.63) is 42.0 Å². The Labute approximate surface area is 121 Å². The van der Waals surface area contributed by atoms with Crippen LogP contribution in [0, 0.1) is 11.8 Å². The van der Waals surface area contributed by atoms with E-state index in [1.165, 1.54) is 11.8 Å². The first kappa shape index (κ1) is 12.5. The molecule has 0 aromatic heterocycles. The molecule has 3 aliphatic rings. The molecule has 0 N–H and O–H groups in total. The first-order valence-corrected chi connectivity index (χ1v) is 6.90. The van der Waals surface area contributed by atoms with E-state index in [0.717, 1.165) is 0 Å². The second-order valence-electron chi connectivity index (χ2n) is 5.62. The second-order valence-corrected chi connectivity index (χ2v) is 5.62. The van der Waals surface area contributed by atoms with Gasteiger partial charge in [0.25, 0.3) is 0 Å². The lowest BCUT2D eigenvalue weighted by Gasteiger charge is -2.17. The molecule has 4 rings (SSSR count). The Bertz CT molecular complexity index is 661. The summed E-state index contributed by atoms with van der Waals surface area (Å²) in [4.78, 5) is 37.6. The van der Waals surface area contributed by atoms with Crippen LogP contribution in [0.5, 0.6) is 0 Å². The van der Waals surface area contributed by atoms with Crippen LogP contribution < -0.4 is 4.90 Å². The maximum absolute atomic E-state index is 12.5. The highest BCUT2D eigenvalue weighted by molar-refractivity contribution is 6.23. The number of anilines is 1. The number of carbonyl (C=O) groups excluding carboxylic acids is 3. The van der Waals surface area contributed by atoms with Gasteiger partial charge in [-0.1, -0.05) is 12.2 Å². The fourth-order valence-corrected chi connectivity index (χ4v) is 3.40. The van der Waals surface area contributed by atoms with E-state index in [-0.39, 0.29) is 29.8 Å². The van der Waals surface area contributed by atoms with E-state index in [2.05, 4.69) is 0 Å². The van der Waals surface area contributed by atoms with Gasteiger partial charge in [0.1, 0.15) is 0 Å². The summed E-state index contributed by atoms with van der Waals surface area (Å²) in [6, 6.07) is 6.55. The molecular formula is C16H13NO4. The summed E-state index contributed by atoms with van der Waals surface area (Å²) in [5.41, 5.74) is 1.08. The number of ether oxygens (including phenoxy) is 1. The average Bonchev–Trinajstić information content (AvgIpc) is 3.13. The van der Waals surface area contributed by atoms with E-state index < -0.39 is 11.8 Å². The number of benzene rings is 1. The summed E-state index contributed by atoms with van der Waals surface area (Å²) in [5.74, 6) is -1.28. The molecule has 5 nitrogen and oxygen atoms in total. The Hall–Kier alpha value is -2.27. The predicted molar refractivity (Wildman–Crippen MR) is 73.7 cm³/mol. The third-order valence-electron chi connectivity index (χ3n) is 4.44. The second kappa shape index (κ2) is 4.11. The van der Waals surface area contributed by atoms with Gasteiger partial charge in [-0.15, -0.1) is 0 Å². The van der Waals surface area contributed by atoms with Crippen molar-refractivity contribution < 1.29 is 19.1 Å². The van der Waals surface area contributed by atoms with E-state index in [4.69, 9.17) is 4.74 Å². The molecule has 2 amide bonds. The number of ketones is 1. The smallest absolute Gasteiger partial charge is 0.240 e. The zero-order chi connectivity index (χ0) is 14.7. The number of hydrogen-bond acceptors (Lipinski definition) is 4. The molecule has 0 aliphatic carbocycles. The summed E-state index contributed by atoms with van der Waals surface area (Å²) < 4.78 is 5.59. The van der Waals surface area contributed by atoms with Gasteiger partial charge in [0.05, 0.1) is 29.7 Å². The Morgan fingerprint density at radius 1 is 1.00 bits per heavy atom. The molecule has 2 bridgehead atoms. The monoisotopic (exact) mass is 283 g/mol. The number of amides is 2. The van der Waals surface area contributed by atoms with Crippen molar-refractivity contribution in [2.75, 3.05) is 4.90 Å². The lowest BCUT2D eigenvalue weighted by atomic mass is 9.85. The van der Waals surface area contributed by atoms with E-state index in [9.17, 15) is 14.4 Å². The predicted octanol–water partition coefficient (Wildman–Crippen LogP) is 1.33. The molecule has 4 atom stereocenters. The minimum absolute atomic E-state index is 0.0480. The van der Waals surface area contributed by atoms with Gasteiger partial charge in [0.15, 0.2) is 5.78 Å². The highest BCUT2D eigenvalue weighted by atomic mass is 16.5. The maximum Gasteiger partial charge on any atom is 0.240 e. The molecule has 106 valence electrons. The Morgan fingerprint density at radius 2 is 1.52 bits per heavy atom. The number of carbonyl (C=O) groups is 3. The molecular weight excluding hydrogens is 270 g/mol. The van der Waals surface area contributed by atoms with Crippen molar-refractivity contribution in [3.8, 4) is 0 Å². The molecule has 3 heterocycles. The van der Waals surface area contributed by atoms with Crippen LogP contribution in [0.3, 0.4) is 0 Å². The molecule has 4 unspecified atom stereocenters. The first-order valence-electron chi connectivity index (χ1n) is 6.90. The van der Waals surface area contributed by atoms with E-state index in [1.807, 2.05) is 12.2 Å². The molecule has 5 heteroatoms. The van der Waals surface area contributed by atoms with E-state index in [1.54, 1.807) is 24.3 Å². The zero-order valence-electron chi connectivity index (χ0n) is 11.4. The third kappa shape index (κ3) is 1.58. The van der Waals surface area contributed by atoms with Crippen LogP contribution in [0.2, 0.25) is 0 Å². The molecule has 2 saturated heterocycles. The van der Waals surface area contributed by atoms with Gasteiger partial charge >= 0.3 is 0 Å². The summed E-state index contributed by atoms with van der Waals surface area (Å²) in [5, 5.41) is 0. The molecule has 3 aliphatic heterocycles. The van der Waals surface area contributed by atoms with Crippen molar-refractivity contribution in [1.82, 2.24) is 0 Å². The number of rotatable bonds is 2. The van der Waals surface area contributed by atoms with Gasteiger partial charge in [-0.2, -0.15) is 0 Å². The fraction of sp³-hybridized carbons (Fsp3) is 0.312. The van der Waals surface area contributed by atoms with Crippen LogP contribution in [-0.2, 0) is 14.3 Å². The van der Waals surface area contributed by atoms with E-state index in [0.29, 0.717) is 11.3 Å². The van der Waals surface area contributed by atoms with Crippen molar-refractivity contribution in [3.63, 3.8) is 0 Å². The summed E-state index contributed by atoms with van der Waals surface area (Å²) >= 11 is 0. The number of Topliss-reactive ketones (excluding diaryl/α,β-unsaturated/α-hetero) is 1. The largest absolute Gasteiger partial charge is 0.365 e. The molecule has 0 spiro atoms. The number of hydrogen-bond donors (Lipinski definition) is 0. The number of fused-ring (bicyclic) bond motifs is 5. The standard InChI is InChI=1S/C16H13NO4/c1-8(18)9-2-4-10(5-3-9)17-15(19)13-11-6-7-12(21-11)14(13)16(17)20/h2-7,11-14H,1H3.